The van der Waals surface area contributed by atoms with E-state index in [0.29, 0.717) is 24.5 Å². The molecular weight excluding hydrogens is 326 g/mol. The molecule has 2 aromatic heterocycles. The van der Waals surface area contributed by atoms with E-state index in [0.717, 1.165) is 25.7 Å². The zero-order chi connectivity index (χ0) is 17.5. The van der Waals surface area contributed by atoms with E-state index in [1.165, 1.54) is 10.9 Å². The second-order valence-electron chi connectivity index (χ2n) is 5.88. The number of nitrogens with zero attached hydrogens (tertiary/aromatic N) is 1. The highest BCUT2D eigenvalue weighted by molar-refractivity contribution is 7.09. The molecule has 1 N–H and O–H groups in total. The van der Waals surface area contributed by atoms with E-state index in [2.05, 4.69) is 17.5 Å². The predicted octanol–water partition coefficient (Wildman–Crippen LogP) is 4.11. The SMILES string of the molecule is Cc1oc(CN(C)C(=O)CCCCCc2cccs2)cc1C(=O)O. The Hall–Kier alpha value is -2.08. The van der Waals surface area contributed by atoms with Gasteiger partial charge in [-0.05, 0) is 43.7 Å². The Morgan fingerprint density at radius 1 is 1.29 bits per heavy atom. The zero-order valence-corrected chi connectivity index (χ0v) is 14.9. The molecule has 0 radical (unpaired) electrons. The van der Waals surface area contributed by atoms with Crippen LogP contribution in [0, 0.1) is 6.92 Å². The van der Waals surface area contributed by atoms with Gasteiger partial charge in [0.2, 0.25) is 5.91 Å². The van der Waals surface area contributed by atoms with Crippen molar-refractivity contribution in [1.82, 2.24) is 4.90 Å². The van der Waals surface area contributed by atoms with Gasteiger partial charge in [0.15, 0.2) is 0 Å². The van der Waals surface area contributed by atoms with Crippen LogP contribution in [0.4, 0.5) is 0 Å². The Morgan fingerprint density at radius 2 is 2.08 bits per heavy atom. The minimum absolute atomic E-state index is 0.0528. The number of aromatic carboxylic acids is 1. The first-order chi connectivity index (χ1) is 11.5. The summed E-state index contributed by atoms with van der Waals surface area (Å²) in [6, 6.07) is 5.69. The lowest BCUT2D eigenvalue weighted by Gasteiger charge is -2.15. The van der Waals surface area contributed by atoms with E-state index in [9.17, 15) is 9.59 Å². The minimum atomic E-state index is -1.01. The molecule has 130 valence electrons. The maximum Gasteiger partial charge on any atom is 0.339 e. The monoisotopic (exact) mass is 349 g/mol. The third-order valence-corrected chi connectivity index (χ3v) is 4.85. The van der Waals surface area contributed by atoms with Crippen LogP contribution >= 0.6 is 11.3 Å². The predicted molar refractivity (Wildman–Crippen MR) is 93.4 cm³/mol. The van der Waals surface area contributed by atoms with Gasteiger partial charge < -0.3 is 14.4 Å². The Labute approximate surface area is 145 Å². The van der Waals surface area contributed by atoms with Gasteiger partial charge in [0, 0.05) is 18.3 Å². The topological polar surface area (TPSA) is 70.8 Å². The van der Waals surface area contributed by atoms with Crippen LogP contribution in [0.5, 0.6) is 0 Å². The first-order valence-corrected chi connectivity index (χ1v) is 8.94. The maximum atomic E-state index is 12.1. The summed E-state index contributed by atoms with van der Waals surface area (Å²) in [7, 11) is 1.71. The summed E-state index contributed by atoms with van der Waals surface area (Å²) in [5.74, 6) is -0.0929. The number of hydrogen-bond donors (Lipinski definition) is 1. The molecule has 0 atom stereocenters. The number of amides is 1. The number of carboxylic acid groups (broad SMARTS) is 1. The van der Waals surface area contributed by atoms with Crippen molar-refractivity contribution in [2.45, 2.75) is 45.6 Å². The molecule has 0 fully saturated rings. The highest BCUT2D eigenvalue weighted by Crippen LogP contribution is 2.17. The van der Waals surface area contributed by atoms with Crippen molar-refractivity contribution in [3.8, 4) is 0 Å². The maximum absolute atomic E-state index is 12.1. The van der Waals surface area contributed by atoms with Crippen LogP contribution in [0.15, 0.2) is 28.0 Å². The highest BCUT2D eigenvalue weighted by Gasteiger charge is 2.16. The number of carbonyl (C=O) groups is 2. The molecule has 0 spiro atoms. The molecule has 2 heterocycles. The summed E-state index contributed by atoms with van der Waals surface area (Å²) >= 11 is 1.77. The quantitative estimate of drug-likeness (QED) is 0.692. The van der Waals surface area contributed by atoms with Crippen LogP contribution in [-0.4, -0.2) is 28.9 Å². The summed E-state index contributed by atoms with van der Waals surface area (Å²) in [6.07, 6.45) is 4.57. The number of rotatable bonds is 9. The number of hydrogen-bond acceptors (Lipinski definition) is 4. The van der Waals surface area contributed by atoms with Crippen LogP contribution in [-0.2, 0) is 17.8 Å². The molecule has 0 unspecified atom stereocenters. The molecule has 0 saturated carbocycles. The number of carboxylic acids is 1. The van der Waals surface area contributed by atoms with Crippen molar-refractivity contribution in [2.24, 2.45) is 0 Å². The van der Waals surface area contributed by atoms with Crippen LogP contribution in [0.1, 0.15) is 52.4 Å². The van der Waals surface area contributed by atoms with Crippen molar-refractivity contribution in [2.75, 3.05) is 7.05 Å². The average molecular weight is 349 g/mol. The summed E-state index contributed by atoms with van der Waals surface area (Å²) in [4.78, 5) is 26.1. The lowest BCUT2D eigenvalue weighted by atomic mass is 10.1. The summed E-state index contributed by atoms with van der Waals surface area (Å²) in [6.45, 7) is 1.91. The number of thiophene rings is 1. The minimum Gasteiger partial charge on any atom is -0.478 e. The lowest BCUT2D eigenvalue weighted by molar-refractivity contribution is -0.130. The molecule has 24 heavy (non-hydrogen) atoms. The molecule has 0 aliphatic rings. The molecule has 1 amide bonds. The molecule has 0 aromatic carbocycles. The molecule has 5 nitrogen and oxygen atoms in total. The summed E-state index contributed by atoms with van der Waals surface area (Å²) in [5.41, 5.74) is 0.152. The van der Waals surface area contributed by atoms with Crippen molar-refractivity contribution >= 4 is 23.2 Å². The van der Waals surface area contributed by atoms with Crippen molar-refractivity contribution in [3.63, 3.8) is 0 Å². The van der Waals surface area contributed by atoms with Crippen LogP contribution in [0.25, 0.3) is 0 Å². The van der Waals surface area contributed by atoms with Crippen molar-refractivity contribution < 1.29 is 19.1 Å². The fourth-order valence-electron chi connectivity index (χ4n) is 2.55. The smallest absolute Gasteiger partial charge is 0.339 e. The largest absolute Gasteiger partial charge is 0.478 e. The number of aryl methyl sites for hydroxylation is 2. The first kappa shape index (κ1) is 18.3. The van der Waals surface area contributed by atoms with Crippen LogP contribution in [0.2, 0.25) is 0 Å². The van der Waals surface area contributed by atoms with E-state index in [-0.39, 0.29) is 11.5 Å². The summed E-state index contributed by atoms with van der Waals surface area (Å²) < 4.78 is 5.41. The number of unbranched alkanes of at least 4 members (excludes halogenated alkanes) is 2. The van der Waals surface area contributed by atoms with Crippen LogP contribution < -0.4 is 0 Å². The normalized spacial score (nSPS) is 10.8. The Bertz CT molecular complexity index is 675. The van der Waals surface area contributed by atoms with Gasteiger partial charge in [-0.1, -0.05) is 12.5 Å². The Kier molecular flexibility index (Phi) is 6.61. The molecule has 0 aliphatic heterocycles. The lowest BCUT2D eigenvalue weighted by Crippen LogP contribution is -2.25. The Balaban J connectivity index is 1.70. The second-order valence-corrected chi connectivity index (χ2v) is 6.91. The first-order valence-electron chi connectivity index (χ1n) is 8.06. The van der Waals surface area contributed by atoms with Crippen molar-refractivity contribution in [3.05, 3.63) is 45.5 Å². The molecular formula is C18H23NO4S. The van der Waals surface area contributed by atoms with Gasteiger partial charge in [-0.15, -0.1) is 11.3 Å². The third kappa shape index (κ3) is 5.23. The standard InChI is InChI=1S/C18H23NO4S/c1-13-16(18(21)22)11-14(23-13)12-19(2)17(20)9-5-3-4-7-15-8-6-10-24-15/h6,8,10-11H,3-5,7,9,12H2,1-2H3,(H,21,22). The van der Waals surface area contributed by atoms with Crippen molar-refractivity contribution in [1.29, 1.82) is 0 Å². The molecule has 0 saturated heterocycles. The fraction of sp³-hybridized carbons (Fsp3) is 0.444. The summed E-state index contributed by atoms with van der Waals surface area (Å²) in [5, 5.41) is 11.1. The molecule has 0 aliphatic carbocycles. The van der Waals surface area contributed by atoms with E-state index in [1.54, 1.807) is 30.2 Å². The van der Waals surface area contributed by atoms with Gasteiger partial charge in [0.25, 0.3) is 0 Å². The second kappa shape index (κ2) is 8.68. The average Bonchev–Trinajstić information content (AvgIpc) is 3.16. The number of furan rings is 1. The van der Waals surface area contributed by atoms with Gasteiger partial charge in [-0.3, -0.25) is 4.79 Å². The van der Waals surface area contributed by atoms with Gasteiger partial charge in [0.05, 0.1) is 6.54 Å². The molecule has 6 heteroatoms. The van der Waals surface area contributed by atoms with Gasteiger partial charge in [0.1, 0.15) is 17.1 Å². The molecule has 2 rings (SSSR count). The van der Waals surface area contributed by atoms with E-state index in [1.807, 2.05) is 0 Å². The van der Waals surface area contributed by atoms with Crippen LogP contribution in [0.3, 0.4) is 0 Å². The van der Waals surface area contributed by atoms with Gasteiger partial charge in [-0.25, -0.2) is 4.79 Å². The van der Waals surface area contributed by atoms with E-state index >= 15 is 0 Å². The van der Waals surface area contributed by atoms with E-state index in [4.69, 9.17) is 9.52 Å². The fourth-order valence-corrected chi connectivity index (χ4v) is 3.31. The highest BCUT2D eigenvalue weighted by atomic mass is 32.1. The zero-order valence-electron chi connectivity index (χ0n) is 14.1. The van der Waals surface area contributed by atoms with Gasteiger partial charge in [-0.2, -0.15) is 0 Å². The molecule has 0 bridgehead atoms. The Morgan fingerprint density at radius 3 is 2.71 bits per heavy atom. The van der Waals surface area contributed by atoms with E-state index < -0.39 is 5.97 Å². The third-order valence-electron chi connectivity index (χ3n) is 3.91. The molecule has 2 aromatic rings. The van der Waals surface area contributed by atoms with Gasteiger partial charge >= 0.3 is 5.97 Å². The number of carbonyl (C=O) groups excluding carboxylic acids is 1.